The van der Waals surface area contributed by atoms with Gasteiger partial charge in [0.25, 0.3) is 0 Å². The van der Waals surface area contributed by atoms with Crippen LogP contribution in [-0.4, -0.2) is 27.3 Å². The summed E-state index contributed by atoms with van der Waals surface area (Å²) < 4.78 is 18.9. The second-order valence-corrected chi connectivity index (χ2v) is 4.28. The molecule has 2 heterocycles. The number of aromatic amines is 1. The van der Waals surface area contributed by atoms with E-state index in [0.29, 0.717) is 22.6 Å². The highest BCUT2D eigenvalue weighted by Crippen LogP contribution is 2.27. The van der Waals surface area contributed by atoms with Crippen molar-refractivity contribution in [3.8, 4) is 5.75 Å². The third-order valence-electron chi connectivity index (χ3n) is 2.71. The summed E-state index contributed by atoms with van der Waals surface area (Å²) in [6.07, 6.45) is 1.53. The molecule has 3 aromatic rings. The van der Waals surface area contributed by atoms with E-state index in [-0.39, 0.29) is 11.0 Å². The Balaban J connectivity index is 2.07. The van der Waals surface area contributed by atoms with Crippen LogP contribution in [0.15, 0.2) is 24.4 Å². The molecule has 0 radical (unpaired) electrons. The van der Waals surface area contributed by atoms with E-state index in [1.165, 1.54) is 31.5 Å². The van der Waals surface area contributed by atoms with Gasteiger partial charge in [0.2, 0.25) is 5.28 Å². The number of ether oxygens (including phenoxy) is 1. The average molecular weight is 294 g/mol. The van der Waals surface area contributed by atoms with Crippen molar-refractivity contribution >= 4 is 34.1 Å². The smallest absolute Gasteiger partial charge is 0.226 e. The topological polar surface area (TPSA) is 75.7 Å². The lowest BCUT2D eigenvalue weighted by atomic mass is 10.2. The SMILES string of the molecule is COc1ccc(F)c(Nc2nc(Cl)nc3[nH]ncc23)c1. The Morgan fingerprint density at radius 3 is 3.00 bits per heavy atom. The van der Waals surface area contributed by atoms with Gasteiger partial charge in [-0.25, -0.2) is 4.39 Å². The number of aromatic nitrogens is 4. The molecule has 0 fully saturated rings. The minimum Gasteiger partial charge on any atom is -0.497 e. The number of anilines is 2. The number of benzene rings is 1. The number of nitrogens with zero attached hydrogens (tertiary/aromatic N) is 3. The molecule has 0 spiro atoms. The minimum absolute atomic E-state index is 0.0348. The van der Waals surface area contributed by atoms with E-state index < -0.39 is 5.82 Å². The van der Waals surface area contributed by atoms with Crippen LogP contribution in [0.3, 0.4) is 0 Å². The van der Waals surface area contributed by atoms with Crippen molar-refractivity contribution in [1.82, 2.24) is 20.2 Å². The fourth-order valence-electron chi connectivity index (χ4n) is 1.76. The fraction of sp³-hybridized carbons (Fsp3) is 0.0833. The third-order valence-corrected chi connectivity index (χ3v) is 2.88. The lowest BCUT2D eigenvalue weighted by molar-refractivity contribution is 0.414. The first kappa shape index (κ1) is 12.6. The Labute approximate surface area is 118 Å². The Kier molecular flexibility index (Phi) is 3.11. The van der Waals surface area contributed by atoms with Crippen molar-refractivity contribution in [2.24, 2.45) is 0 Å². The van der Waals surface area contributed by atoms with Crippen LogP contribution >= 0.6 is 11.6 Å². The number of H-pyrrole nitrogens is 1. The molecule has 102 valence electrons. The van der Waals surface area contributed by atoms with E-state index in [1.54, 1.807) is 0 Å². The standard InChI is InChI=1S/C12H9ClFN5O/c1-20-6-2-3-8(14)9(4-6)16-10-7-5-15-19-11(7)18-12(13)17-10/h2-5H,1H3,(H2,15,16,17,18,19). The van der Waals surface area contributed by atoms with Gasteiger partial charge in [-0.15, -0.1) is 0 Å². The van der Waals surface area contributed by atoms with E-state index in [9.17, 15) is 4.39 Å². The molecule has 20 heavy (non-hydrogen) atoms. The third kappa shape index (κ3) is 2.23. The van der Waals surface area contributed by atoms with Crippen LogP contribution in [0.2, 0.25) is 5.28 Å². The first-order chi connectivity index (χ1) is 9.67. The molecule has 0 aliphatic heterocycles. The molecule has 0 amide bonds. The Morgan fingerprint density at radius 2 is 2.20 bits per heavy atom. The number of fused-ring (bicyclic) bond motifs is 1. The van der Waals surface area contributed by atoms with Crippen LogP contribution in [0.1, 0.15) is 0 Å². The summed E-state index contributed by atoms with van der Waals surface area (Å²) in [6, 6.07) is 4.36. The second kappa shape index (κ2) is 4.93. The first-order valence-electron chi connectivity index (χ1n) is 5.64. The van der Waals surface area contributed by atoms with Gasteiger partial charge in [0.15, 0.2) is 5.65 Å². The van der Waals surface area contributed by atoms with Crippen molar-refractivity contribution in [2.45, 2.75) is 0 Å². The van der Waals surface area contributed by atoms with E-state index >= 15 is 0 Å². The maximum Gasteiger partial charge on any atom is 0.226 e. The lowest BCUT2D eigenvalue weighted by Crippen LogP contribution is -1.99. The minimum atomic E-state index is -0.433. The Hall–Kier alpha value is -2.41. The molecule has 2 N–H and O–H groups in total. The normalized spacial score (nSPS) is 10.8. The van der Waals surface area contributed by atoms with Gasteiger partial charge in [0.05, 0.1) is 24.4 Å². The van der Waals surface area contributed by atoms with Crippen LogP contribution in [-0.2, 0) is 0 Å². The summed E-state index contributed by atoms with van der Waals surface area (Å²) in [5.41, 5.74) is 0.692. The molecule has 2 aromatic heterocycles. The number of nitrogens with one attached hydrogen (secondary N) is 2. The quantitative estimate of drug-likeness (QED) is 0.726. The molecule has 0 aliphatic rings. The van der Waals surface area contributed by atoms with Crippen LogP contribution in [0.5, 0.6) is 5.75 Å². The summed E-state index contributed by atoms with van der Waals surface area (Å²) in [5, 5.41) is 10.0. The number of halogens is 2. The maximum absolute atomic E-state index is 13.8. The summed E-state index contributed by atoms with van der Waals surface area (Å²) >= 11 is 5.82. The van der Waals surface area contributed by atoms with Gasteiger partial charge in [-0.2, -0.15) is 15.1 Å². The van der Waals surface area contributed by atoms with Crippen molar-refractivity contribution in [3.63, 3.8) is 0 Å². The van der Waals surface area contributed by atoms with E-state index in [4.69, 9.17) is 16.3 Å². The van der Waals surface area contributed by atoms with Crippen molar-refractivity contribution in [1.29, 1.82) is 0 Å². The number of hydrogen-bond acceptors (Lipinski definition) is 5. The van der Waals surface area contributed by atoms with E-state index in [2.05, 4.69) is 25.5 Å². The number of methoxy groups -OCH3 is 1. The molecule has 0 bridgehead atoms. The zero-order valence-electron chi connectivity index (χ0n) is 10.3. The van der Waals surface area contributed by atoms with E-state index in [0.717, 1.165) is 0 Å². The van der Waals surface area contributed by atoms with Gasteiger partial charge >= 0.3 is 0 Å². The van der Waals surface area contributed by atoms with Gasteiger partial charge in [-0.3, -0.25) is 5.10 Å². The summed E-state index contributed by atoms with van der Waals surface area (Å²) in [4.78, 5) is 8.01. The molecular weight excluding hydrogens is 285 g/mol. The Bertz CT molecular complexity index is 776. The average Bonchev–Trinajstić information content (AvgIpc) is 2.89. The lowest BCUT2D eigenvalue weighted by Gasteiger charge is -2.09. The van der Waals surface area contributed by atoms with Crippen molar-refractivity contribution in [2.75, 3.05) is 12.4 Å². The zero-order valence-corrected chi connectivity index (χ0v) is 11.1. The molecule has 8 heteroatoms. The highest BCUT2D eigenvalue weighted by molar-refractivity contribution is 6.28. The Morgan fingerprint density at radius 1 is 1.35 bits per heavy atom. The van der Waals surface area contributed by atoms with Crippen LogP contribution in [0, 0.1) is 5.82 Å². The summed E-state index contributed by atoms with van der Waals surface area (Å²) in [7, 11) is 1.51. The zero-order chi connectivity index (χ0) is 14.1. The fourth-order valence-corrected chi connectivity index (χ4v) is 1.93. The van der Waals surface area contributed by atoms with Gasteiger partial charge in [0, 0.05) is 6.07 Å². The monoisotopic (exact) mass is 293 g/mol. The number of hydrogen-bond donors (Lipinski definition) is 2. The molecule has 0 unspecified atom stereocenters. The summed E-state index contributed by atoms with van der Waals surface area (Å²) in [6.45, 7) is 0. The molecule has 0 atom stereocenters. The maximum atomic E-state index is 13.8. The number of rotatable bonds is 3. The van der Waals surface area contributed by atoms with Crippen LogP contribution in [0.4, 0.5) is 15.9 Å². The van der Waals surface area contributed by atoms with Gasteiger partial charge < -0.3 is 10.1 Å². The molecule has 0 saturated heterocycles. The molecular formula is C12H9ClFN5O. The van der Waals surface area contributed by atoms with Gasteiger partial charge in [-0.1, -0.05) is 0 Å². The second-order valence-electron chi connectivity index (χ2n) is 3.94. The molecule has 3 rings (SSSR count). The van der Waals surface area contributed by atoms with E-state index in [1.807, 2.05) is 0 Å². The predicted molar refractivity (Wildman–Crippen MR) is 72.9 cm³/mol. The molecule has 1 aromatic carbocycles. The molecule has 0 aliphatic carbocycles. The predicted octanol–water partition coefficient (Wildman–Crippen LogP) is 2.90. The molecule has 0 saturated carbocycles. The van der Waals surface area contributed by atoms with Crippen LogP contribution in [0.25, 0.3) is 11.0 Å². The van der Waals surface area contributed by atoms with Crippen molar-refractivity contribution in [3.05, 3.63) is 35.5 Å². The van der Waals surface area contributed by atoms with Gasteiger partial charge in [-0.05, 0) is 23.7 Å². The van der Waals surface area contributed by atoms with Gasteiger partial charge in [0.1, 0.15) is 17.4 Å². The largest absolute Gasteiger partial charge is 0.497 e. The first-order valence-corrected chi connectivity index (χ1v) is 6.02. The molecule has 6 nitrogen and oxygen atoms in total. The summed E-state index contributed by atoms with van der Waals surface area (Å²) in [5.74, 6) is 0.454. The highest BCUT2D eigenvalue weighted by atomic mass is 35.5. The van der Waals surface area contributed by atoms with Crippen LogP contribution < -0.4 is 10.1 Å². The highest BCUT2D eigenvalue weighted by Gasteiger charge is 2.11. The van der Waals surface area contributed by atoms with Crippen molar-refractivity contribution < 1.29 is 9.13 Å².